The molecular formula is C16H16ClFN2O2. The molecule has 116 valence electrons. The first kappa shape index (κ1) is 16.1. The number of aryl methyl sites for hydroxylation is 1. The molecular weight excluding hydrogens is 307 g/mol. The van der Waals surface area contributed by atoms with Crippen molar-refractivity contribution in [3.63, 3.8) is 0 Å². The second-order valence-electron chi connectivity index (χ2n) is 4.75. The number of hydrogen-bond donors (Lipinski definition) is 3. The number of carbonyl (C=O) groups excluding carboxylic acids is 1. The number of benzene rings is 2. The first-order valence-electron chi connectivity index (χ1n) is 6.83. The molecule has 0 radical (unpaired) electrons. The third-order valence-corrected chi connectivity index (χ3v) is 3.36. The minimum atomic E-state index is -0.749. The average molecular weight is 323 g/mol. The average Bonchev–Trinajstić information content (AvgIpc) is 2.50. The Kier molecular flexibility index (Phi) is 5.61. The number of urea groups is 1. The zero-order valence-electron chi connectivity index (χ0n) is 11.8. The van der Waals surface area contributed by atoms with Gasteiger partial charge in [-0.15, -0.1) is 0 Å². The number of rotatable bonds is 5. The van der Waals surface area contributed by atoms with E-state index in [9.17, 15) is 14.3 Å². The molecule has 2 aromatic rings. The molecule has 0 atom stereocenters. The van der Waals surface area contributed by atoms with Crippen molar-refractivity contribution in [1.29, 1.82) is 0 Å². The predicted octanol–water partition coefficient (Wildman–Crippen LogP) is 3.94. The van der Waals surface area contributed by atoms with Gasteiger partial charge in [-0.1, -0.05) is 41.9 Å². The lowest BCUT2D eigenvalue weighted by Gasteiger charge is -2.09. The van der Waals surface area contributed by atoms with E-state index in [1.807, 2.05) is 30.3 Å². The van der Waals surface area contributed by atoms with Gasteiger partial charge in [-0.05, 0) is 24.5 Å². The number of carbonyl (C=O) groups is 1. The molecule has 0 aromatic heterocycles. The van der Waals surface area contributed by atoms with Gasteiger partial charge in [0.25, 0.3) is 0 Å². The minimum Gasteiger partial charge on any atom is -0.506 e. The number of phenolic OH excluding ortho intramolecular Hbond substituents is 1. The Labute approximate surface area is 132 Å². The quantitative estimate of drug-likeness (QED) is 0.577. The van der Waals surface area contributed by atoms with Crippen LogP contribution in [0.4, 0.5) is 14.9 Å². The number of hydrogen-bond acceptors (Lipinski definition) is 2. The van der Waals surface area contributed by atoms with Gasteiger partial charge in [0.15, 0.2) is 5.82 Å². The highest BCUT2D eigenvalue weighted by Gasteiger charge is 2.10. The summed E-state index contributed by atoms with van der Waals surface area (Å²) in [5.74, 6) is -1.12. The normalized spacial score (nSPS) is 10.3. The van der Waals surface area contributed by atoms with Crippen LogP contribution in [0, 0.1) is 5.82 Å². The van der Waals surface area contributed by atoms with E-state index >= 15 is 0 Å². The molecule has 0 saturated heterocycles. The Bertz CT molecular complexity index is 650. The Morgan fingerprint density at radius 2 is 1.95 bits per heavy atom. The predicted molar refractivity (Wildman–Crippen MR) is 84.9 cm³/mol. The molecule has 0 unspecified atom stereocenters. The first-order chi connectivity index (χ1) is 10.6. The Hall–Kier alpha value is -2.27. The zero-order chi connectivity index (χ0) is 15.9. The van der Waals surface area contributed by atoms with Crippen LogP contribution in [-0.2, 0) is 6.42 Å². The summed E-state index contributed by atoms with van der Waals surface area (Å²) in [5.41, 5.74) is 1.12. The van der Waals surface area contributed by atoms with E-state index in [0.29, 0.717) is 6.54 Å². The van der Waals surface area contributed by atoms with Gasteiger partial charge in [0, 0.05) is 12.6 Å². The lowest BCUT2D eigenvalue weighted by atomic mass is 10.1. The van der Waals surface area contributed by atoms with Crippen molar-refractivity contribution in [3.05, 3.63) is 58.9 Å². The molecule has 2 aromatic carbocycles. The van der Waals surface area contributed by atoms with Crippen molar-refractivity contribution in [2.75, 3.05) is 11.9 Å². The second kappa shape index (κ2) is 7.66. The maximum Gasteiger partial charge on any atom is 0.319 e. The van der Waals surface area contributed by atoms with E-state index in [4.69, 9.17) is 11.6 Å². The molecule has 22 heavy (non-hydrogen) atoms. The summed E-state index contributed by atoms with van der Waals surface area (Å²) >= 11 is 5.68. The molecule has 0 spiro atoms. The summed E-state index contributed by atoms with van der Waals surface area (Å²) in [4.78, 5) is 11.7. The van der Waals surface area contributed by atoms with Crippen LogP contribution in [0.2, 0.25) is 5.02 Å². The smallest absolute Gasteiger partial charge is 0.319 e. The summed E-state index contributed by atoms with van der Waals surface area (Å²) in [7, 11) is 0. The zero-order valence-corrected chi connectivity index (χ0v) is 12.5. The topological polar surface area (TPSA) is 61.4 Å². The molecule has 0 heterocycles. The van der Waals surface area contributed by atoms with E-state index in [0.717, 1.165) is 25.0 Å². The van der Waals surface area contributed by atoms with Crippen LogP contribution in [0.15, 0.2) is 42.5 Å². The standard InChI is InChI=1S/C16H16ClFN2O2/c17-12-9-14(13(18)10-15(12)21)20-16(22)19-8-4-7-11-5-2-1-3-6-11/h1-3,5-6,9-10,21H,4,7-8H2,(H2,19,20,22). The molecule has 3 N–H and O–H groups in total. The van der Waals surface area contributed by atoms with Crippen molar-refractivity contribution in [3.8, 4) is 5.75 Å². The van der Waals surface area contributed by atoms with Crippen LogP contribution in [-0.4, -0.2) is 17.7 Å². The van der Waals surface area contributed by atoms with Crippen LogP contribution in [0.1, 0.15) is 12.0 Å². The first-order valence-corrected chi connectivity index (χ1v) is 7.21. The number of aromatic hydroxyl groups is 1. The highest BCUT2D eigenvalue weighted by atomic mass is 35.5. The maximum atomic E-state index is 13.5. The number of halogens is 2. The molecule has 0 bridgehead atoms. The van der Waals surface area contributed by atoms with E-state index < -0.39 is 11.8 Å². The molecule has 0 saturated carbocycles. The monoisotopic (exact) mass is 322 g/mol. The lowest BCUT2D eigenvalue weighted by molar-refractivity contribution is 0.252. The third kappa shape index (κ3) is 4.63. The fourth-order valence-corrected chi connectivity index (χ4v) is 2.10. The summed E-state index contributed by atoms with van der Waals surface area (Å²) < 4.78 is 13.5. The van der Waals surface area contributed by atoms with Crippen molar-refractivity contribution in [2.24, 2.45) is 0 Å². The minimum absolute atomic E-state index is 0.0271. The van der Waals surface area contributed by atoms with Gasteiger partial charge in [-0.25, -0.2) is 9.18 Å². The van der Waals surface area contributed by atoms with Crippen LogP contribution >= 0.6 is 11.6 Å². The Morgan fingerprint density at radius 1 is 1.23 bits per heavy atom. The fourth-order valence-electron chi connectivity index (χ4n) is 1.94. The largest absolute Gasteiger partial charge is 0.506 e. The van der Waals surface area contributed by atoms with Crippen LogP contribution in [0.5, 0.6) is 5.75 Å². The van der Waals surface area contributed by atoms with Gasteiger partial charge >= 0.3 is 6.03 Å². The van der Waals surface area contributed by atoms with Gasteiger partial charge in [0.1, 0.15) is 5.75 Å². The van der Waals surface area contributed by atoms with E-state index in [1.165, 1.54) is 5.56 Å². The molecule has 2 rings (SSSR count). The summed E-state index contributed by atoms with van der Waals surface area (Å²) in [6.45, 7) is 0.466. The van der Waals surface area contributed by atoms with Gasteiger partial charge in [0.2, 0.25) is 0 Å². The van der Waals surface area contributed by atoms with Crippen molar-refractivity contribution < 1.29 is 14.3 Å². The summed E-state index contributed by atoms with van der Waals surface area (Å²) in [6.07, 6.45) is 1.62. The SMILES string of the molecule is O=C(NCCCc1ccccc1)Nc1cc(Cl)c(O)cc1F. The van der Waals surface area contributed by atoms with Crippen molar-refractivity contribution in [2.45, 2.75) is 12.8 Å². The van der Waals surface area contributed by atoms with Crippen LogP contribution in [0.3, 0.4) is 0 Å². The number of amides is 2. The molecule has 0 aliphatic rings. The van der Waals surface area contributed by atoms with Crippen LogP contribution < -0.4 is 10.6 Å². The van der Waals surface area contributed by atoms with Gasteiger partial charge in [0.05, 0.1) is 10.7 Å². The van der Waals surface area contributed by atoms with Gasteiger partial charge in [-0.2, -0.15) is 0 Å². The second-order valence-corrected chi connectivity index (χ2v) is 5.16. The Balaban J connectivity index is 1.77. The van der Waals surface area contributed by atoms with E-state index in [-0.39, 0.29) is 16.5 Å². The van der Waals surface area contributed by atoms with Crippen LogP contribution in [0.25, 0.3) is 0 Å². The maximum absolute atomic E-state index is 13.5. The lowest BCUT2D eigenvalue weighted by Crippen LogP contribution is -2.30. The number of nitrogens with one attached hydrogen (secondary N) is 2. The molecule has 2 amide bonds. The highest BCUT2D eigenvalue weighted by molar-refractivity contribution is 6.32. The number of anilines is 1. The summed E-state index contributed by atoms with van der Waals surface area (Å²) in [5, 5.41) is 14.2. The van der Waals surface area contributed by atoms with Crippen molar-refractivity contribution in [1.82, 2.24) is 5.32 Å². The Morgan fingerprint density at radius 3 is 2.68 bits per heavy atom. The number of phenols is 1. The third-order valence-electron chi connectivity index (χ3n) is 3.06. The van der Waals surface area contributed by atoms with E-state index in [1.54, 1.807) is 0 Å². The molecule has 0 fully saturated rings. The van der Waals surface area contributed by atoms with E-state index in [2.05, 4.69) is 10.6 Å². The van der Waals surface area contributed by atoms with Crippen molar-refractivity contribution >= 4 is 23.3 Å². The highest BCUT2D eigenvalue weighted by Crippen LogP contribution is 2.28. The fraction of sp³-hybridized carbons (Fsp3) is 0.188. The molecule has 6 heteroatoms. The summed E-state index contributed by atoms with van der Waals surface area (Å²) in [6, 6.07) is 11.4. The molecule has 4 nitrogen and oxygen atoms in total. The molecule has 0 aliphatic heterocycles. The van der Waals surface area contributed by atoms with Gasteiger partial charge in [-0.3, -0.25) is 0 Å². The molecule has 0 aliphatic carbocycles. The van der Waals surface area contributed by atoms with Gasteiger partial charge < -0.3 is 15.7 Å².